The molecule has 1 amide bonds. The van der Waals surface area contributed by atoms with E-state index in [2.05, 4.69) is 17.1 Å². The molecule has 1 saturated heterocycles. The Kier molecular flexibility index (Phi) is 5.76. The van der Waals surface area contributed by atoms with E-state index < -0.39 is 0 Å². The number of aromatic nitrogens is 3. The summed E-state index contributed by atoms with van der Waals surface area (Å²) in [6.45, 7) is 3.00. The standard InChI is InChI=1S/C22H26N4O2S/c1-3-17-10-6-7-11-26(17)20(28)14-29-22-24-23-21(25(22)2)18-12-15-8-4-5-9-16(15)13-19(18)27/h4-5,8-9,12-13,17,27H,3,6-7,10-11,14H2,1-2H3/t17-/m1/s1. The first-order valence-electron chi connectivity index (χ1n) is 10.1. The molecule has 6 nitrogen and oxygen atoms in total. The molecule has 7 heteroatoms. The Labute approximate surface area is 174 Å². The average molecular weight is 411 g/mol. The zero-order chi connectivity index (χ0) is 20.4. The van der Waals surface area contributed by atoms with Gasteiger partial charge in [0.05, 0.1) is 11.3 Å². The summed E-state index contributed by atoms with van der Waals surface area (Å²) in [5.41, 5.74) is 0.638. The molecule has 0 bridgehead atoms. The van der Waals surface area contributed by atoms with Gasteiger partial charge in [-0.25, -0.2) is 0 Å². The third-order valence-corrected chi connectivity index (χ3v) is 6.69. The van der Waals surface area contributed by atoms with E-state index in [-0.39, 0.29) is 11.7 Å². The third-order valence-electron chi connectivity index (χ3n) is 5.68. The first-order chi connectivity index (χ1) is 14.1. The number of nitrogens with zero attached hydrogens (tertiary/aromatic N) is 4. The van der Waals surface area contributed by atoms with Gasteiger partial charge in [0.15, 0.2) is 11.0 Å². The zero-order valence-electron chi connectivity index (χ0n) is 16.8. The van der Waals surface area contributed by atoms with Crippen LogP contribution in [0.4, 0.5) is 0 Å². The second-order valence-corrected chi connectivity index (χ2v) is 8.46. The minimum atomic E-state index is 0.166. The second kappa shape index (κ2) is 8.45. The number of carbonyl (C=O) groups is 1. The average Bonchev–Trinajstić information content (AvgIpc) is 3.11. The Morgan fingerprint density at radius 3 is 2.72 bits per heavy atom. The highest BCUT2D eigenvalue weighted by Gasteiger charge is 2.25. The number of carbonyl (C=O) groups excluding carboxylic acids is 1. The number of fused-ring (bicyclic) bond motifs is 1. The highest BCUT2D eigenvalue weighted by atomic mass is 32.2. The maximum atomic E-state index is 12.7. The van der Waals surface area contributed by atoms with Crippen LogP contribution < -0.4 is 0 Å². The van der Waals surface area contributed by atoms with Crippen LogP contribution in [-0.2, 0) is 11.8 Å². The molecule has 0 saturated carbocycles. The van der Waals surface area contributed by atoms with Crippen LogP contribution in [0.25, 0.3) is 22.2 Å². The molecule has 29 heavy (non-hydrogen) atoms. The first-order valence-corrected chi connectivity index (χ1v) is 11.1. The molecule has 3 aromatic rings. The molecule has 1 aliphatic heterocycles. The van der Waals surface area contributed by atoms with Crippen LogP contribution in [0.15, 0.2) is 41.6 Å². The number of phenols is 1. The van der Waals surface area contributed by atoms with Gasteiger partial charge in [0.2, 0.25) is 5.91 Å². The van der Waals surface area contributed by atoms with E-state index in [0.29, 0.717) is 28.3 Å². The van der Waals surface area contributed by atoms with Crippen molar-refractivity contribution in [2.24, 2.45) is 7.05 Å². The highest BCUT2D eigenvalue weighted by Crippen LogP contribution is 2.33. The van der Waals surface area contributed by atoms with Crippen LogP contribution >= 0.6 is 11.8 Å². The van der Waals surface area contributed by atoms with Crippen molar-refractivity contribution in [3.63, 3.8) is 0 Å². The molecule has 0 aliphatic carbocycles. The quantitative estimate of drug-likeness (QED) is 0.638. The highest BCUT2D eigenvalue weighted by molar-refractivity contribution is 7.99. The largest absolute Gasteiger partial charge is 0.507 e. The summed E-state index contributed by atoms with van der Waals surface area (Å²) in [6.07, 6.45) is 4.40. The maximum absolute atomic E-state index is 12.7. The van der Waals surface area contributed by atoms with Gasteiger partial charge in [-0.15, -0.1) is 10.2 Å². The van der Waals surface area contributed by atoms with Gasteiger partial charge in [-0.1, -0.05) is 43.0 Å². The van der Waals surface area contributed by atoms with Crippen molar-refractivity contribution >= 4 is 28.4 Å². The van der Waals surface area contributed by atoms with Gasteiger partial charge in [-0.3, -0.25) is 4.79 Å². The minimum Gasteiger partial charge on any atom is -0.507 e. The summed E-state index contributed by atoms with van der Waals surface area (Å²) < 4.78 is 1.84. The van der Waals surface area contributed by atoms with Crippen molar-refractivity contribution in [2.75, 3.05) is 12.3 Å². The van der Waals surface area contributed by atoms with Crippen LogP contribution in [0.3, 0.4) is 0 Å². The molecule has 0 radical (unpaired) electrons. The molecule has 1 aliphatic rings. The van der Waals surface area contributed by atoms with Crippen LogP contribution in [0.5, 0.6) is 5.75 Å². The van der Waals surface area contributed by atoms with Crippen molar-refractivity contribution in [1.82, 2.24) is 19.7 Å². The summed E-state index contributed by atoms with van der Waals surface area (Å²) in [5.74, 6) is 1.28. The number of likely N-dealkylation sites (tertiary alicyclic amines) is 1. The molecule has 1 aromatic heterocycles. The third kappa shape index (κ3) is 3.96. The van der Waals surface area contributed by atoms with Gasteiger partial charge in [0.1, 0.15) is 5.75 Å². The number of rotatable bonds is 5. The second-order valence-electron chi connectivity index (χ2n) is 7.52. The van der Waals surface area contributed by atoms with E-state index in [0.717, 1.165) is 36.6 Å². The van der Waals surface area contributed by atoms with Crippen LogP contribution in [0.1, 0.15) is 32.6 Å². The molecule has 1 N–H and O–H groups in total. The van der Waals surface area contributed by atoms with Gasteiger partial charge < -0.3 is 14.6 Å². The first kappa shape index (κ1) is 19.8. The molecule has 1 fully saturated rings. The van der Waals surface area contributed by atoms with E-state index in [1.165, 1.54) is 18.2 Å². The zero-order valence-corrected chi connectivity index (χ0v) is 17.7. The molecule has 0 spiro atoms. The Morgan fingerprint density at radius 1 is 1.21 bits per heavy atom. The lowest BCUT2D eigenvalue weighted by Crippen LogP contribution is -2.44. The summed E-state index contributed by atoms with van der Waals surface area (Å²) in [5, 5.41) is 21.7. The number of benzene rings is 2. The van der Waals surface area contributed by atoms with Crippen molar-refractivity contribution in [2.45, 2.75) is 43.8 Å². The predicted octanol–water partition coefficient (Wildman–Crippen LogP) is 4.22. The van der Waals surface area contributed by atoms with E-state index >= 15 is 0 Å². The van der Waals surface area contributed by atoms with Crippen LogP contribution in [-0.4, -0.2) is 49.0 Å². The molecule has 4 rings (SSSR count). The van der Waals surface area contributed by atoms with Gasteiger partial charge in [-0.05, 0) is 48.6 Å². The van der Waals surface area contributed by atoms with E-state index in [4.69, 9.17) is 0 Å². The number of aromatic hydroxyl groups is 1. The fourth-order valence-corrected chi connectivity index (χ4v) is 4.84. The topological polar surface area (TPSA) is 71.2 Å². The van der Waals surface area contributed by atoms with Crippen LogP contribution in [0, 0.1) is 0 Å². The van der Waals surface area contributed by atoms with E-state index in [1.54, 1.807) is 6.07 Å². The normalized spacial score (nSPS) is 17.0. The monoisotopic (exact) mass is 410 g/mol. The molecule has 0 unspecified atom stereocenters. The molecule has 2 aromatic carbocycles. The minimum absolute atomic E-state index is 0.166. The Hall–Kier alpha value is -2.54. The Morgan fingerprint density at radius 2 is 1.97 bits per heavy atom. The lowest BCUT2D eigenvalue weighted by atomic mass is 10.0. The molecular formula is C22H26N4O2S. The molecule has 152 valence electrons. The Bertz CT molecular complexity index is 1030. The van der Waals surface area contributed by atoms with Crippen molar-refractivity contribution < 1.29 is 9.90 Å². The summed E-state index contributed by atoms with van der Waals surface area (Å²) in [4.78, 5) is 14.8. The van der Waals surface area contributed by atoms with Gasteiger partial charge >= 0.3 is 0 Å². The predicted molar refractivity (Wildman–Crippen MR) is 116 cm³/mol. The Balaban J connectivity index is 1.52. The summed E-state index contributed by atoms with van der Waals surface area (Å²) >= 11 is 1.40. The SMILES string of the molecule is CC[C@@H]1CCCCN1C(=O)CSc1nnc(-c2cc3ccccc3cc2O)n1C. The number of phenolic OH excluding ortho intramolecular Hbond substituents is 1. The lowest BCUT2D eigenvalue weighted by molar-refractivity contribution is -0.132. The molecular weight excluding hydrogens is 384 g/mol. The van der Waals surface area contributed by atoms with Crippen molar-refractivity contribution in [1.29, 1.82) is 0 Å². The number of piperidine rings is 1. The fourth-order valence-electron chi connectivity index (χ4n) is 4.05. The molecule has 1 atom stereocenters. The smallest absolute Gasteiger partial charge is 0.233 e. The fraction of sp³-hybridized carbons (Fsp3) is 0.409. The number of thioether (sulfide) groups is 1. The van der Waals surface area contributed by atoms with E-state index in [1.807, 2.05) is 46.8 Å². The van der Waals surface area contributed by atoms with Crippen molar-refractivity contribution in [3.05, 3.63) is 36.4 Å². The number of amides is 1. The number of hydrogen-bond donors (Lipinski definition) is 1. The lowest BCUT2D eigenvalue weighted by Gasteiger charge is -2.35. The van der Waals surface area contributed by atoms with Gasteiger partial charge in [0, 0.05) is 19.6 Å². The van der Waals surface area contributed by atoms with Gasteiger partial charge in [0.25, 0.3) is 0 Å². The van der Waals surface area contributed by atoms with Gasteiger partial charge in [-0.2, -0.15) is 0 Å². The number of hydrogen-bond acceptors (Lipinski definition) is 5. The van der Waals surface area contributed by atoms with E-state index in [9.17, 15) is 9.90 Å². The molecule has 2 heterocycles. The van der Waals surface area contributed by atoms with Crippen molar-refractivity contribution in [3.8, 4) is 17.1 Å². The van der Waals surface area contributed by atoms with Crippen LogP contribution in [0.2, 0.25) is 0 Å². The summed E-state index contributed by atoms with van der Waals surface area (Å²) in [7, 11) is 1.87. The summed E-state index contributed by atoms with van der Waals surface area (Å²) in [6, 6.07) is 11.9. The maximum Gasteiger partial charge on any atom is 0.233 e.